The van der Waals surface area contributed by atoms with Crippen LogP contribution in [0.4, 0.5) is 0 Å². The van der Waals surface area contributed by atoms with Crippen molar-refractivity contribution in [2.24, 2.45) is 0 Å². The molecule has 123 valence electrons. The van der Waals surface area contributed by atoms with E-state index in [-0.39, 0.29) is 22.9 Å². The normalized spacial score (nSPS) is 12.3. The quantitative estimate of drug-likeness (QED) is 0.756. The Labute approximate surface area is 134 Å². The zero-order valence-electron chi connectivity index (χ0n) is 11.8. The lowest BCUT2D eigenvalue weighted by Gasteiger charge is -2.09. The molecule has 2 aromatic carbocycles. The molecule has 0 aliphatic rings. The summed E-state index contributed by atoms with van der Waals surface area (Å²) in [6.07, 6.45) is 0. The van der Waals surface area contributed by atoms with Gasteiger partial charge in [-0.15, -0.1) is 0 Å². The second-order valence-corrected chi connectivity index (χ2v) is 7.49. The minimum atomic E-state index is -4.36. The van der Waals surface area contributed by atoms with E-state index in [4.69, 9.17) is 9.11 Å². The van der Waals surface area contributed by atoms with Crippen LogP contribution in [0, 0.1) is 0 Å². The molecule has 2 N–H and O–H groups in total. The molecule has 0 saturated carbocycles. The van der Waals surface area contributed by atoms with Crippen LogP contribution in [-0.2, 0) is 33.3 Å². The molecule has 2 rings (SSSR count). The van der Waals surface area contributed by atoms with Gasteiger partial charge < -0.3 is 0 Å². The molecule has 0 fully saturated rings. The number of benzene rings is 2. The van der Waals surface area contributed by atoms with Crippen molar-refractivity contribution in [3.63, 3.8) is 0 Å². The molecule has 0 spiro atoms. The van der Waals surface area contributed by atoms with Gasteiger partial charge in [0.05, 0.1) is 9.79 Å². The molecule has 0 bridgehead atoms. The summed E-state index contributed by atoms with van der Waals surface area (Å²) in [5.41, 5.74) is 0.582. The van der Waals surface area contributed by atoms with E-state index in [1.807, 2.05) is 0 Å². The summed E-state index contributed by atoms with van der Waals surface area (Å²) in [6, 6.07) is 11.7. The molecule has 1 radical (unpaired) electrons. The third-order valence-corrected chi connectivity index (χ3v) is 4.97. The monoisotopic (exact) mass is 356 g/mol. The van der Waals surface area contributed by atoms with E-state index in [0.717, 1.165) is 0 Å². The number of rotatable bonds is 6. The van der Waals surface area contributed by atoms with Crippen LogP contribution in [0.2, 0.25) is 0 Å². The van der Waals surface area contributed by atoms with E-state index in [1.54, 1.807) is 12.1 Å². The molecule has 0 atom stereocenters. The van der Waals surface area contributed by atoms with E-state index < -0.39 is 20.2 Å². The van der Waals surface area contributed by atoms with Crippen LogP contribution >= 0.6 is 0 Å². The van der Waals surface area contributed by atoms with Crippen LogP contribution in [0.15, 0.2) is 58.3 Å². The third-order valence-electron chi connectivity index (χ3n) is 3.07. The van der Waals surface area contributed by atoms with Gasteiger partial charge in [0.2, 0.25) is 0 Å². The largest absolute Gasteiger partial charge is 0.294 e. The fourth-order valence-electron chi connectivity index (χ4n) is 2.07. The number of hydrogen-bond donors (Lipinski definition) is 2. The summed E-state index contributed by atoms with van der Waals surface area (Å²) >= 11 is 0. The van der Waals surface area contributed by atoms with Crippen molar-refractivity contribution in [3.8, 4) is 0 Å². The first kappa shape index (κ1) is 17.6. The predicted octanol–water partition coefficient (Wildman–Crippen LogP) is 1.48. The molecule has 0 saturated heterocycles. The van der Waals surface area contributed by atoms with Gasteiger partial charge in [-0.05, 0) is 23.3 Å². The second-order valence-electron chi connectivity index (χ2n) is 4.71. The van der Waals surface area contributed by atoms with Crippen LogP contribution in [-0.4, -0.2) is 25.9 Å². The van der Waals surface area contributed by atoms with Gasteiger partial charge in [-0.1, -0.05) is 36.4 Å². The Morgan fingerprint density at radius 2 is 1.04 bits per heavy atom. The molecule has 23 heavy (non-hydrogen) atoms. The van der Waals surface area contributed by atoms with Gasteiger partial charge in [-0.2, -0.15) is 16.8 Å². The van der Waals surface area contributed by atoms with Crippen LogP contribution in [0.5, 0.6) is 0 Å². The highest BCUT2D eigenvalue weighted by Crippen LogP contribution is 2.17. The molecule has 0 unspecified atom stereocenters. The van der Waals surface area contributed by atoms with E-state index >= 15 is 0 Å². The lowest BCUT2D eigenvalue weighted by molar-refractivity contribution is 0.480. The summed E-state index contributed by atoms with van der Waals surface area (Å²) in [5.74, 6) is 0. The van der Waals surface area contributed by atoms with Crippen molar-refractivity contribution < 1.29 is 25.9 Å². The predicted molar refractivity (Wildman–Crippen MR) is 82.1 cm³/mol. The highest BCUT2D eigenvalue weighted by Gasteiger charge is 2.16. The van der Waals surface area contributed by atoms with E-state index in [1.165, 1.54) is 36.4 Å². The van der Waals surface area contributed by atoms with E-state index in [0.29, 0.717) is 11.1 Å². The molecule has 0 aliphatic carbocycles. The Kier molecular flexibility index (Phi) is 5.17. The minimum Gasteiger partial charge on any atom is -0.282 e. The second kappa shape index (κ2) is 6.77. The fraction of sp³-hybridized carbons (Fsp3) is 0.143. The Balaban J connectivity index is 2.17. The van der Waals surface area contributed by atoms with Crippen molar-refractivity contribution in [3.05, 3.63) is 59.7 Å². The Hall–Kier alpha value is -1.78. The zero-order chi connectivity index (χ0) is 17.1. The standard InChI is InChI=1S/C14H14NO6S2/c16-22(17,18)13-7-3-1-5-11(13)9-15-10-12-6-2-4-8-14(12)23(19,20)21/h1-8H,9-10H2,(H,16,17,18)(H,19,20,21). The molecular weight excluding hydrogens is 342 g/mol. The summed E-state index contributed by atoms with van der Waals surface area (Å²) < 4.78 is 63.4. The molecule has 0 aromatic heterocycles. The lowest BCUT2D eigenvalue weighted by Crippen LogP contribution is -2.12. The lowest BCUT2D eigenvalue weighted by atomic mass is 10.2. The highest BCUT2D eigenvalue weighted by atomic mass is 32.2. The maximum absolute atomic E-state index is 11.3. The molecule has 2 aromatic rings. The molecule has 0 heterocycles. The molecule has 0 amide bonds. The Morgan fingerprint density at radius 3 is 1.39 bits per heavy atom. The summed E-state index contributed by atoms with van der Waals surface area (Å²) in [7, 11) is -8.71. The smallest absolute Gasteiger partial charge is 0.282 e. The molecular formula is C14H14NO6S2. The minimum absolute atomic E-state index is 0.0320. The van der Waals surface area contributed by atoms with Gasteiger partial charge in [0.15, 0.2) is 0 Å². The highest BCUT2D eigenvalue weighted by molar-refractivity contribution is 7.86. The van der Waals surface area contributed by atoms with E-state index in [2.05, 4.69) is 5.32 Å². The van der Waals surface area contributed by atoms with Crippen molar-refractivity contribution >= 4 is 20.2 Å². The molecule has 9 heteroatoms. The van der Waals surface area contributed by atoms with Gasteiger partial charge in [0, 0.05) is 13.1 Å². The summed E-state index contributed by atoms with van der Waals surface area (Å²) in [5, 5.41) is 4.11. The van der Waals surface area contributed by atoms with Gasteiger partial charge >= 0.3 is 0 Å². The molecule has 7 nitrogen and oxygen atoms in total. The fourth-order valence-corrected chi connectivity index (χ4v) is 3.50. The summed E-state index contributed by atoms with van der Waals surface area (Å²) in [4.78, 5) is -0.487. The van der Waals surface area contributed by atoms with Gasteiger partial charge in [-0.25, -0.2) is 5.32 Å². The van der Waals surface area contributed by atoms with Crippen molar-refractivity contribution in [1.29, 1.82) is 0 Å². The van der Waals surface area contributed by atoms with Crippen molar-refractivity contribution in [1.82, 2.24) is 5.32 Å². The number of nitrogens with zero attached hydrogens (tertiary/aromatic N) is 1. The summed E-state index contributed by atoms with van der Waals surface area (Å²) in [6.45, 7) is -0.0639. The van der Waals surface area contributed by atoms with Crippen LogP contribution < -0.4 is 5.32 Å². The Bertz CT molecular complexity index is 831. The first-order valence-corrected chi connectivity index (χ1v) is 9.31. The first-order valence-electron chi connectivity index (χ1n) is 6.43. The van der Waals surface area contributed by atoms with Crippen molar-refractivity contribution in [2.45, 2.75) is 22.9 Å². The van der Waals surface area contributed by atoms with Crippen LogP contribution in [0.25, 0.3) is 0 Å². The maximum atomic E-state index is 11.3. The average molecular weight is 356 g/mol. The SMILES string of the molecule is O=S(=O)(O)c1ccccc1C[N]Cc1ccccc1S(=O)(=O)O. The third kappa shape index (κ3) is 4.60. The zero-order valence-corrected chi connectivity index (χ0v) is 13.5. The van der Waals surface area contributed by atoms with Gasteiger partial charge in [0.25, 0.3) is 20.2 Å². The van der Waals surface area contributed by atoms with Crippen LogP contribution in [0.3, 0.4) is 0 Å². The van der Waals surface area contributed by atoms with Gasteiger partial charge in [-0.3, -0.25) is 9.11 Å². The number of hydrogen-bond acceptors (Lipinski definition) is 4. The average Bonchev–Trinajstić information content (AvgIpc) is 2.46. The topological polar surface area (TPSA) is 123 Å². The van der Waals surface area contributed by atoms with E-state index in [9.17, 15) is 16.8 Å². The van der Waals surface area contributed by atoms with Crippen LogP contribution in [0.1, 0.15) is 11.1 Å². The maximum Gasteiger partial charge on any atom is 0.294 e. The molecule has 0 aliphatic heterocycles. The van der Waals surface area contributed by atoms with Crippen molar-refractivity contribution in [2.75, 3.05) is 0 Å². The van der Waals surface area contributed by atoms with Gasteiger partial charge in [0.1, 0.15) is 0 Å². The first-order chi connectivity index (χ1) is 10.7. The Morgan fingerprint density at radius 1 is 0.696 bits per heavy atom.